The summed E-state index contributed by atoms with van der Waals surface area (Å²) in [6.07, 6.45) is 6.79. The largest absolute Gasteiger partial charge is 0.317 e. The van der Waals surface area contributed by atoms with Gasteiger partial charge in [0.25, 0.3) is 0 Å². The molecule has 124 valence electrons. The SMILES string of the molecule is CCN1CCC(N(C)CC2CC(C)(C)CCC2NC)CC1. The van der Waals surface area contributed by atoms with Crippen LogP contribution in [0, 0.1) is 11.3 Å². The Labute approximate surface area is 132 Å². The predicted molar refractivity (Wildman–Crippen MR) is 91.7 cm³/mol. The lowest BCUT2D eigenvalue weighted by molar-refractivity contribution is 0.0739. The molecule has 1 aliphatic carbocycles. The van der Waals surface area contributed by atoms with Gasteiger partial charge in [-0.3, -0.25) is 0 Å². The fraction of sp³-hybridized carbons (Fsp3) is 1.00. The molecule has 21 heavy (non-hydrogen) atoms. The van der Waals surface area contributed by atoms with E-state index in [4.69, 9.17) is 0 Å². The van der Waals surface area contributed by atoms with E-state index in [0.29, 0.717) is 5.41 Å². The predicted octanol–water partition coefficient (Wildman–Crippen LogP) is 2.82. The second-order valence-electron chi connectivity index (χ2n) is 8.17. The van der Waals surface area contributed by atoms with Crippen molar-refractivity contribution in [2.75, 3.05) is 40.3 Å². The summed E-state index contributed by atoms with van der Waals surface area (Å²) in [4.78, 5) is 5.26. The molecule has 2 unspecified atom stereocenters. The first kappa shape index (κ1) is 17.2. The van der Waals surface area contributed by atoms with E-state index in [0.717, 1.165) is 18.0 Å². The molecule has 1 saturated heterocycles. The fourth-order valence-corrected chi connectivity index (χ4v) is 4.50. The normalized spacial score (nSPS) is 31.7. The van der Waals surface area contributed by atoms with E-state index in [1.165, 1.54) is 58.3 Å². The molecule has 0 aromatic heterocycles. The molecule has 1 saturated carbocycles. The van der Waals surface area contributed by atoms with E-state index in [-0.39, 0.29) is 0 Å². The molecule has 2 fully saturated rings. The van der Waals surface area contributed by atoms with Gasteiger partial charge in [-0.2, -0.15) is 0 Å². The Balaban J connectivity index is 1.86. The maximum atomic E-state index is 3.58. The summed E-state index contributed by atoms with van der Waals surface area (Å²) in [5.74, 6) is 0.813. The van der Waals surface area contributed by atoms with Crippen molar-refractivity contribution in [3.63, 3.8) is 0 Å². The van der Waals surface area contributed by atoms with Crippen molar-refractivity contribution in [1.29, 1.82) is 0 Å². The van der Waals surface area contributed by atoms with Crippen LogP contribution in [0.3, 0.4) is 0 Å². The highest BCUT2D eigenvalue weighted by atomic mass is 15.2. The zero-order valence-corrected chi connectivity index (χ0v) is 15.0. The maximum absolute atomic E-state index is 3.58. The smallest absolute Gasteiger partial charge is 0.0117 e. The van der Waals surface area contributed by atoms with E-state index in [1.807, 2.05) is 0 Å². The molecule has 3 nitrogen and oxygen atoms in total. The van der Waals surface area contributed by atoms with Crippen molar-refractivity contribution >= 4 is 0 Å². The topological polar surface area (TPSA) is 18.5 Å². The quantitative estimate of drug-likeness (QED) is 0.841. The van der Waals surface area contributed by atoms with Crippen molar-refractivity contribution < 1.29 is 0 Å². The van der Waals surface area contributed by atoms with Crippen molar-refractivity contribution in [2.24, 2.45) is 11.3 Å². The second-order valence-corrected chi connectivity index (χ2v) is 8.17. The Hall–Kier alpha value is -0.120. The van der Waals surface area contributed by atoms with Crippen molar-refractivity contribution in [3.8, 4) is 0 Å². The molecule has 1 heterocycles. The molecule has 0 aromatic carbocycles. The first-order valence-electron chi connectivity index (χ1n) is 9.05. The lowest BCUT2D eigenvalue weighted by Gasteiger charge is -2.44. The van der Waals surface area contributed by atoms with Gasteiger partial charge in [-0.25, -0.2) is 0 Å². The van der Waals surface area contributed by atoms with E-state index < -0.39 is 0 Å². The molecule has 0 aromatic rings. The Kier molecular flexibility index (Phi) is 6.10. The molecule has 2 aliphatic rings. The van der Waals surface area contributed by atoms with E-state index in [1.54, 1.807) is 0 Å². The van der Waals surface area contributed by atoms with Gasteiger partial charge < -0.3 is 15.1 Å². The van der Waals surface area contributed by atoms with Gasteiger partial charge >= 0.3 is 0 Å². The number of hydrogen-bond donors (Lipinski definition) is 1. The van der Waals surface area contributed by atoms with Crippen molar-refractivity contribution in [3.05, 3.63) is 0 Å². The van der Waals surface area contributed by atoms with Crippen LogP contribution in [-0.4, -0.2) is 62.2 Å². The molecule has 0 amide bonds. The standard InChI is InChI=1S/C18H37N3/c1-6-21-11-8-16(9-12-21)20(5)14-15-13-18(2,3)10-7-17(15)19-4/h15-17,19H,6-14H2,1-5H3. The molecule has 3 heteroatoms. The first-order valence-corrected chi connectivity index (χ1v) is 9.05. The Morgan fingerprint density at radius 3 is 2.43 bits per heavy atom. The van der Waals surface area contributed by atoms with Gasteiger partial charge in [-0.05, 0) is 77.2 Å². The minimum Gasteiger partial charge on any atom is -0.317 e. The van der Waals surface area contributed by atoms with Gasteiger partial charge in [0.15, 0.2) is 0 Å². The highest BCUT2D eigenvalue weighted by Gasteiger charge is 2.35. The van der Waals surface area contributed by atoms with Gasteiger partial charge in [0, 0.05) is 18.6 Å². The van der Waals surface area contributed by atoms with Crippen LogP contribution in [0.15, 0.2) is 0 Å². The first-order chi connectivity index (χ1) is 9.95. The summed E-state index contributed by atoms with van der Waals surface area (Å²) in [5.41, 5.74) is 0.532. The summed E-state index contributed by atoms with van der Waals surface area (Å²) in [5, 5.41) is 3.58. The second kappa shape index (κ2) is 7.43. The summed E-state index contributed by atoms with van der Waals surface area (Å²) in [6, 6.07) is 1.52. The van der Waals surface area contributed by atoms with Crippen LogP contribution in [0.2, 0.25) is 0 Å². The summed E-state index contributed by atoms with van der Waals surface area (Å²) in [7, 11) is 4.51. The zero-order valence-electron chi connectivity index (χ0n) is 15.0. The summed E-state index contributed by atoms with van der Waals surface area (Å²) >= 11 is 0. The molecule has 0 bridgehead atoms. The molecule has 1 N–H and O–H groups in total. The Morgan fingerprint density at radius 2 is 1.86 bits per heavy atom. The average Bonchev–Trinajstić information content (AvgIpc) is 2.47. The lowest BCUT2D eigenvalue weighted by Crippen LogP contribution is -2.49. The van der Waals surface area contributed by atoms with E-state index in [9.17, 15) is 0 Å². The third kappa shape index (κ3) is 4.67. The van der Waals surface area contributed by atoms with Crippen molar-refractivity contribution in [2.45, 2.75) is 65.0 Å². The van der Waals surface area contributed by atoms with Crippen LogP contribution in [0.4, 0.5) is 0 Å². The molecule has 1 aliphatic heterocycles. The third-order valence-corrected chi connectivity index (χ3v) is 6.04. The van der Waals surface area contributed by atoms with E-state index >= 15 is 0 Å². The van der Waals surface area contributed by atoms with Gasteiger partial charge in [0.1, 0.15) is 0 Å². The number of hydrogen-bond acceptors (Lipinski definition) is 3. The monoisotopic (exact) mass is 295 g/mol. The average molecular weight is 296 g/mol. The minimum absolute atomic E-state index is 0.532. The third-order valence-electron chi connectivity index (χ3n) is 6.04. The molecule has 2 rings (SSSR count). The molecule has 0 spiro atoms. The Morgan fingerprint density at radius 1 is 1.19 bits per heavy atom. The highest BCUT2D eigenvalue weighted by molar-refractivity contribution is 4.90. The molecule has 0 radical (unpaired) electrons. The van der Waals surface area contributed by atoms with Crippen LogP contribution in [0.1, 0.15) is 52.9 Å². The Bertz CT molecular complexity index is 308. The van der Waals surface area contributed by atoms with E-state index in [2.05, 4.69) is 50.0 Å². The summed E-state index contributed by atoms with van der Waals surface area (Å²) < 4.78 is 0. The fourth-order valence-electron chi connectivity index (χ4n) is 4.50. The zero-order chi connectivity index (χ0) is 15.5. The molecular weight excluding hydrogens is 258 g/mol. The van der Waals surface area contributed by atoms with Gasteiger partial charge in [-0.1, -0.05) is 20.8 Å². The number of rotatable bonds is 5. The highest BCUT2D eigenvalue weighted by Crippen LogP contribution is 2.39. The number of nitrogens with zero attached hydrogens (tertiary/aromatic N) is 2. The minimum atomic E-state index is 0.532. The van der Waals surface area contributed by atoms with Gasteiger partial charge in [0.2, 0.25) is 0 Å². The number of likely N-dealkylation sites (tertiary alicyclic amines) is 1. The van der Waals surface area contributed by atoms with Crippen LogP contribution in [0.5, 0.6) is 0 Å². The van der Waals surface area contributed by atoms with Gasteiger partial charge in [0.05, 0.1) is 0 Å². The van der Waals surface area contributed by atoms with Crippen LogP contribution in [-0.2, 0) is 0 Å². The molecule has 2 atom stereocenters. The van der Waals surface area contributed by atoms with Crippen LogP contribution in [0.25, 0.3) is 0 Å². The van der Waals surface area contributed by atoms with Gasteiger partial charge in [-0.15, -0.1) is 0 Å². The van der Waals surface area contributed by atoms with Crippen LogP contribution < -0.4 is 5.32 Å². The summed E-state index contributed by atoms with van der Waals surface area (Å²) in [6.45, 7) is 12.2. The van der Waals surface area contributed by atoms with Crippen molar-refractivity contribution in [1.82, 2.24) is 15.1 Å². The van der Waals surface area contributed by atoms with Crippen LogP contribution >= 0.6 is 0 Å². The lowest BCUT2D eigenvalue weighted by atomic mass is 9.69. The maximum Gasteiger partial charge on any atom is 0.0117 e. The number of piperidine rings is 1. The molecular formula is C18H37N3. The number of nitrogens with one attached hydrogen (secondary N) is 1.